The van der Waals surface area contributed by atoms with E-state index in [2.05, 4.69) is 461 Å². The third kappa shape index (κ3) is 13.5. The smallest absolute Gasteiger partial charge is 0.235 e. The highest BCUT2D eigenvalue weighted by molar-refractivity contribution is 6.25. The fourth-order valence-electron chi connectivity index (χ4n) is 24.2. The largest absolute Gasteiger partial charge is 0.455 e. The molecule has 12 nitrogen and oxygen atoms in total. The molecule has 0 radical (unpaired) electrons. The van der Waals surface area contributed by atoms with Crippen molar-refractivity contribution in [2.24, 2.45) is 0 Å². The van der Waals surface area contributed by atoms with Gasteiger partial charge in [-0.25, -0.2) is 29.9 Å². The van der Waals surface area contributed by atoms with E-state index in [-0.39, 0.29) is 0 Å². The average molecular weight is 1870 g/mol. The van der Waals surface area contributed by atoms with Gasteiger partial charge in [-0.15, -0.1) is 0 Å². The number of fused-ring (bicyclic) bond motifs is 27. The second-order valence-electron chi connectivity index (χ2n) is 39.0. The van der Waals surface area contributed by atoms with Gasteiger partial charge in [0, 0.05) is 109 Å². The molecular formula is C134H91N11O. The molecule has 9 aromatic heterocycles. The average Bonchev–Trinajstić information content (AvgIpc) is 1.58. The Balaban J connectivity index is 0.000000105. The lowest BCUT2D eigenvalue weighted by Gasteiger charge is -2.29. The summed E-state index contributed by atoms with van der Waals surface area (Å²) in [6.07, 6.45) is 4.49. The van der Waals surface area contributed by atoms with Crippen molar-refractivity contribution in [2.45, 2.75) is 51.4 Å². The summed E-state index contributed by atoms with van der Waals surface area (Å²) >= 11 is 0. The molecule has 1 fully saturated rings. The van der Waals surface area contributed by atoms with Gasteiger partial charge in [-0.05, 0) is 239 Å². The maximum Gasteiger partial charge on any atom is 0.235 e. The second-order valence-corrected chi connectivity index (χ2v) is 39.0. The Labute approximate surface area is 838 Å². The fourth-order valence-corrected chi connectivity index (χ4v) is 24.2. The van der Waals surface area contributed by atoms with Crippen LogP contribution in [-0.2, 0) is 0 Å². The van der Waals surface area contributed by atoms with E-state index in [1.54, 1.807) is 0 Å². The highest BCUT2D eigenvalue weighted by Crippen LogP contribution is 2.49. The zero-order valence-corrected chi connectivity index (χ0v) is 80.1. The van der Waals surface area contributed by atoms with Gasteiger partial charge >= 0.3 is 0 Å². The molecule has 1 aliphatic rings. The van der Waals surface area contributed by atoms with Gasteiger partial charge in [0.05, 0.1) is 88.8 Å². The summed E-state index contributed by atoms with van der Waals surface area (Å²) < 4.78 is 17.9. The minimum absolute atomic E-state index is 0.376. The van der Waals surface area contributed by atoms with Crippen LogP contribution in [0.15, 0.2) is 459 Å². The van der Waals surface area contributed by atoms with E-state index in [0.29, 0.717) is 23.7 Å². The lowest BCUT2D eigenvalue weighted by molar-refractivity contribution is 0.393. The van der Waals surface area contributed by atoms with E-state index < -0.39 is 0 Å². The minimum atomic E-state index is 0.376. The van der Waals surface area contributed by atoms with Crippen LogP contribution in [0.4, 0.5) is 0 Å². The molecule has 0 N–H and O–H groups in total. The van der Waals surface area contributed by atoms with E-state index in [0.717, 1.165) is 137 Å². The van der Waals surface area contributed by atoms with Crippen LogP contribution >= 0.6 is 0 Å². The van der Waals surface area contributed by atoms with Crippen molar-refractivity contribution in [3.63, 3.8) is 0 Å². The molecule has 0 unspecified atom stereocenters. The monoisotopic (exact) mass is 1870 g/mol. The van der Waals surface area contributed by atoms with Gasteiger partial charge in [0.1, 0.15) is 11.2 Å². The van der Waals surface area contributed by atoms with Crippen LogP contribution < -0.4 is 0 Å². The first-order valence-electron chi connectivity index (χ1n) is 50.5. The van der Waals surface area contributed by atoms with Gasteiger partial charge in [0.15, 0.2) is 0 Å². The minimum Gasteiger partial charge on any atom is -0.455 e. The maximum atomic E-state index is 6.44. The molecular weight excluding hydrogens is 1780 g/mol. The predicted molar refractivity (Wildman–Crippen MR) is 606 cm³/mol. The summed E-state index contributed by atoms with van der Waals surface area (Å²) in [7, 11) is 0. The molecule has 30 aromatic rings. The van der Waals surface area contributed by atoms with Gasteiger partial charge < -0.3 is 13.6 Å². The number of nitrogens with zero attached hydrogens (tertiary/aromatic N) is 11. The molecule has 1 saturated carbocycles. The number of aromatic nitrogens is 11. The Kier molecular flexibility index (Phi) is 19.6. The fraction of sp³-hybridized carbons (Fsp3) is 0.0597. The topological polar surface area (TPSA) is 115 Å². The normalized spacial score (nSPS) is 13.6. The summed E-state index contributed by atoms with van der Waals surface area (Å²) in [5.74, 6) is 2.98. The van der Waals surface area contributed by atoms with Crippen molar-refractivity contribution < 1.29 is 4.42 Å². The van der Waals surface area contributed by atoms with Crippen molar-refractivity contribution in [2.75, 3.05) is 0 Å². The highest BCUT2D eigenvalue weighted by atomic mass is 16.3. The van der Waals surface area contributed by atoms with Crippen LogP contribution in [0.2, 0.25) is 0 Å². The lowest BCUT2D eigenvalue weighted by Crippen LogP contribution is -2.15. The van der Waals surface area contributed by atoms with Crippen LogP contribution in [0.1, 0.15) is 59.9 Å². The lowest BCUT2D eigenvalue weighted by atomic mass is 9.76. The van der Waals surface area contributed by atoms with Gasteiger partial charge in [-0.3, -0.25) is 13.7 Å². The molecule has 12 heteroatoms. The van der Waals surface area contributed by atoms with Crippen molar-refractivity contribution in [3.8, 4) is 62.9 Å². The summed E-state index contributed by atoms with van der Waals surface area (Å²) in [6, 6.07) is 162. The Hall–Kier alpha value is -18.8. The van der Waals surface area contributed by atoms with Crippen molar-refractivity contribution in [1.29, 1.82) is 0 Å². The number of hydrogen-bond acceptors (Lipinski definition) is 7. The number of hydrogen-bond donors (Lipinski definition) is 0. The molecule has 0 amide bonds. The van der Waals surface area contributed by atoms with Crippen LogP contribution in [0, 0.1) is 13.8 Å². The predicted octanol–water partition coefficient (Wildman–Crippen LogP) is 34.8. The van der Waals surface area contributed by atoms with Crippen LogP contribution in [-0.4, -0.2) is 52.7 Å². The van der Waals surface area contributed by atoms with Crippen LogP contribution in [0.25, 0.3) is 259 Å². The SMILES string of the molecule is Cc1cc(-c2nc(-n3c4ccccc4c4c5ccccc5ccc43)nc3ccccc23)c(C)cc1-c1ccc2c(c1)c1ccccc1n2-c1ccccc1.c1ccc(-n2c3ccccc3c3cc(C4CCC(c5nc(-n6c7ccccc7c7c8ccccc8ccc76)nc6ccccc56)CC4)ccc32)cc1.c1ccc2c(c1)ccc1c2c2ccccc2n1-c1nc(-c2cccc3c2oc2ccccc23)c2ccccc2n1. The molecule has 9 heterocycles. The van der Waals surface area contributed by atoms with Crippen molar-refractivity contribution in [1.82, 2.24) is 52.7 Å². The summed E-state index contributed by atoms with van der Waals surface area (Å²) in [6.45, 7) is 4.43. The second kappa shape index (κ2) is 34.0. The Morgan fingerprint density at radius 2 is 0.568 bits per heavy atom. The number of furan rings is 1. The Bertz CT molecular complexity index is 10600. The van der Waals surface area contributed by atoms with E-state index >= 15 is 0 Å². The molecule has 0 spiro atoms. The number of para-hydroxylation sites is 12. The standard InChI is InChI=1S/C50H34N4.C48H36N4.C36H21N3O/c1-31-29-41(32(2)28-40(31)34-25-26-46-42(30-34)37-18-9-12-22-44(37)53(46)35-15-4-3-5-16-35)49-38-19-8-11-21-43(38)51-50(52-49)54-45-23-13-10-20-39(45)48-36-17-7-6-14-33(36)24-27-47(48)54;1-2-13-35(14-3-1)51-42-20-10-7-16-37(42)40-30-34(27-28-44(40)51)31-22-24-33(25-23-31)47-38-17-6-9-19-41(38)49-48(50-47)52-43-21-11-8-18-39(43)46-36-15-5-4-12-32(36)26-29-45(46)52;1-2-11-23-22(10-1)20-21-31-33(23)27-14-4-7-18-30(27)39(31)36-37-29-17-6-3-13-26(29)34(38-36)28-16-9-15-25-24-12-5-8-19-32(24)40-35(25)28/h3-30H,1-2H3;1-21,26-31,33H,22-25H2;1-21H. The molecule has 146 heavy (non-hydrogen) atoms. The Morgan fingerprint density at radius 1 is 0.219 bits per heavy atom. The molecule has 0 bridgehead atoms. The molecule has 1 aliphatic carbocycles. The van der Waals surface area contributed by atoms with E-state index in [1.807, 2.05) is 30.3 Å². The molecule has 21 aromatic carbocycles. The van der Waals surface area contributed by atoms with E-state index in [9.17, 15) is 0 Å². The number of aryl methyl sites for hydroxylation is 2. The zero-order valence-electron chi connectivity index (χ0n) is 80.1. The molecule has 0 saturated heterocycles. The van der Waals surface area contributed by atoms with Gasteiger partial charge in [-0.2, -0.15) is 0 Å². The molecule has 31 rings (SSSR count). The highest BCUT2D eigenvalue weighted by Gasteiger charge is 2.31. The first-order valence-corrected chi connectivity index (χ1v) is 50.5. The molecule has 688 valence electrons. The first-order chi connectivity index (χ1) is 72.3. The van der Waals surface area contributed by atoms with Gasteiger partial charge in [0.25, 0.3) is 0 Å². The van der Waals surface area contributed by atoms with E-state index in [4.69, 9.17) is 34.3 Å². The summed E-state index contributed by atoms with van der Waals surface area (Å²) in [5.41, 5.74) is 29.8. The Morgan fingerprint density at radius 3 is 1.07 bits per heavy atom. The maximum absolute atomic E-state index is 6.44. The van der Waals surface area contributed by atoms with Crippen molar-refractivity contribution >= 4 is 196 Å². The summed E-state index contributed by atoms with van der Waals surface area (Å²) in [4.78, 5) is 31.9. The summed E-state index contributed by atoms with van der Waals surface area (Å²) in [5, 5.41) is 25.3. The van der Waals surface area contributed by atoms with Gasteiger partial charge in [0.2, 0.25) is 17.8 Å². The molecule has 0 aliphatic heterocycles. The zero-order chi connectivity index (χ0) is 96.3. The number of rotatable bonds is 10. The first kappa shape index (κ1) is 84.1. The van der Waals surface area contributed by atoms with Crippen LogP contribution in [0.5, 0.6) is 0 Å². The quantitative estimate of drug-likeness (QED) is 0.134. The van der Waals surface area contributed by atoms with E-state index in [1.165, 1.54) is 159 Å². The third-order valence-electron chi connectivity index (χ3n) is 30.9. The van der Waals surface area contributed by atoms with Crippen molar-refractivity contribution in [3.05, 3.63) is 477 Å². The molecule has 0 atom stereocenters. The third-order valence-corrected chi connectivity index (χ3v) is 30.9. The van der Waals surface area contributed by atoms with Gasteiger partial charge in [-0.1, -0.05) is 322 Å². The van der Waals surface area contributed by atoms with Crippen LogP contribution in [0.3, 0.4) is 0 Å². The number of benzene rings is 21.